The summed E-state index contributed by atoms with van der Waals surface area (Å²) in [6.07, 6.45) is 1.79. The minimum absolute atomic E-state index is 0.478. The van der Waals surface area contributed by atoms with Crippen molar-refractivity contribution >= 4 is 40.4 Å². The minimum atomic E-state index is -3.20. The Hall–Kier alpha value is 0.340. The number of benzene rings is 1. The lowest BCUT2D eigenvalue weighted by Gasteiger charge is -2.19. The van der Waals surface area contributed by atoms with Crippen LogP contribution in [0.5, 0.6) is 0 Å². The van der Waals surface area contributed by atoms with E-state index in [-0.39, 0.29) is 0 Å². The second-order valence-corrected chi connectivity index (χ2v) is 8.31. The molecule has 0 saturated carbocycles. The van der Waals surface area contributed by atoms with Crippen molar-refractivity contribution < 1.29 is 4.57 Å². The minimum Gasteiger partial charge on any atom is -0.270 e. The van der Waals surface area contributed by atoms with E-state index in [1.807, 2.05) is 30.3 Å². The molecule has 0 aromatic heterocycles. The highest BCUT2D eigenvalue weighted by atomic mass is 35.9. The second kappa shape index (κ2) is 5.43. The van der Waals surface area contributed by atoms with Crippen LogP contribution >= 0.6 is 40.4 Å². The van der Waals surface area contributed by atoms with Crippen LogP contribution in [-0.2, 0) is 11.1 Å². The van der Waals surface area contributed by atoms with Crippen molar-refractivity contribution in [3.05, 3.63) is 35.9 Å². The Morgan fingerprint density at radius 2 is 1.93 bits per heavy atom. The zero-order chi connectivity index (χ0) is 10.6. The Morgan fingerprint density at radius 3 is 2.36 bits per heavy atom. The Kier molecular flexibility index (Phi) is 4.81. The number of nitrogens with zero attached hydrogens (tertiary/aromatic N) is 1. The molecule has 0 atom stereocenters. The molecule has 2 nitrogen and oxygen atoms in total. The molecule has 14 heavy (non-hydrogen) atoms. The molecular formula is C8H10Cl2NOPS. The van der Waals surface area contributed by atoms with E-state index in [0.29, 0.717) is 6.54 Å². The molecule has 0 amide bonds. The SMILES string of the molecule is CSN(Cc1ccccc1)P(=O)(Cl)Cl. The smallest absolute Gasteiger partial charge is 0.270 e. The van der Waals surface area contributed by atoms with Gasteiger partial charge in [-0.25, -0.2) is 0 Å². The fourth-order valence-electron chi connectivity index (χ4n) is 0.982. The van der Waals surface area contributed by atoms with Crippen molar-refractivity contribution in [3.63, 3.8) is 0 Å². The first kappa shape index (κ1) is 12.4. The monoisotopic (exact) mass is 269 g/mol. The lowest BCUT2D eigenvalue weighted by Crippen LogP contribution is -2.06. The van der Waals surface area contributed by atoms with Crippen LogP contribution in [-0.4, -0.2) is 10.3 Å². The Balaban J connectivity index is 2.72. The summed E-state index contributed by atoms with van der Waals surface area (Å²) in [5, 5.41) is 0. The van der Waals surface area contributed by atoms with E-state index in [4.69, 9.17) is 22.5 Å². The number of halogens is 2. The predicted molar refractivity (Wildman–Crippen MR) is 64.8 cm³/mol. The van der Waals surface area contributed by atoms with Crippen LogP contribution in [0.3, 0.4) is 0 Å². The van der Waals surface area contributed by atoms with Crippen LogP contribution in [0.25, 0.3) is 0 Å². The first-order chi connectivity index (χ1) is 6.54. The standard InChI is InChI=1S/C8H10Cl2NOPS/c1-14-11(13(9,10)12)7-8-5-3-2-4-6-8/h2-6H,7H2,1H3. The molecule has 6 heteroatoms. The zero-order valence-corrected chi connectivity index (χ0v) is 10.8. The molecule has 1 rings (SSSR count). The molecule has 0 aliphatic carbocycles. The molecular weight excluding hydrogens is 260 g/mol. The van der Waals surface area contributed by atoms with Crippen LogP contribution in [0.4, 0.5) is 0 Å². The van der Waals surface area contributed by atoms with Crippen molar-refractivity contribution in [2.45, 2.75) is 6.54 Å². The third-order valence-electron chi connectivity index (χ3n) is 1.63. The highest BCUT2D eigenvalue weighted by Crippen LogP contribution is 2.62. The van der Waals surface area contributed by atoms with Gasteiger partial charge in [0.25, 0.3) is 0 Å². The molecule has 0 unspecified atom stereocenters. The zero-order valence-electron chi connectivity index (χ0n) is 7.56. The van der Waals surface area contributed by atoms with Crippen LogP contribution in [0.1, 0.15) is 5.56 Å². The fourth-order valence-corrected chi connectivity index (χ4v) is 3.78. The quantitative estimate of drug-likeness (QED) is 0.599. The topological polar surface area (TPSA) is 20.3 Å². The summed E-state index contributed by atoms with van der Waals surface area (Å²) in [6.45, 7) is 0.478. The maximum atomic E-state index is 11.4. The van der Waals surface area contributed by atoms with Gasteiger partial charge in [0.15, 0.2) is 0 Å². The van der Waals surface area contributed by atoms with Crippen molar-refractivity contribution in [1.82, 2.24) is 4.08 Å². The molecule has 0 aliphatic rings. The van der Waals surface area contributed by atoms with Gasteiger partial charge < -0.3 is 0 Å². The van der Waals surface area contributed by atoms with Gasteiger partial charge in [-0.2, -0.15) is 4.08 Å². The Bertz CT molecular complexity index is 329. The molecule has 1 aromatic carbocycles. The molecule has 0 aliphatic heterocycles. The van der Waals surface area contributed by atoms with E-state index in [1.165, 1.54) is 16.0 Å². The van der Waals surface area contributed by atoms with Crippen LogP contribution in [0.15, 0.2) is 30.3 Å². The molecule has 78 valence electrons. The van der Waals surface area contributed by atoms with E-state index in [2.05, 4.69) is 0 Å². The first-order valence-corrected chi connectivity index (χ1v) is 8.54. The van der Waals surface area contributed by atoms with Gasteiger partial charge in [-0.1, -0.05) is 42.3 Å². The van der Waals surface area contributed by atoms with Crippen molar-refractivity contribution in [1.29, 1.82) is 0 Å². The van der Waals surface area contributed by atoms with E-state index >= 15 is 0 Å². The van der Waals surface area contributed by atoms with Gasteiger partial charge >= 0.3 is 6.00 Å². The first-order valence-electron chi connectivity index (χ1n) is 3.89. The second-order valence-electron chi connectivity index (χ2n) is 2.61. The van der Waals surface area contributed by atoms with Gasteiger partial charge in [0.05, 0.1) is 0 Å². The average molecular weight is 270 g/mol. The van der Waals surface area contributed by atoms with Gasteiger partial charge in [0, 0.05) is 6.54 Å². The molecule has 0 bridgehead atoms. The fraction of sp³-hybridized carbons (Fsp3) is 0.250. The normalized spacial score (nSPS) is 12.0. The van der Waals surface area contributed by atoms with Crippen molar-refractivity contribution in [2.24, 2.45) is 0 Å². The molecule has 0 N–H and O–H groups in total. The van der Waals surface area contributed by atoms with E-state index in [1.54, 1.807) is 6.26 Å². The van der Waals surface area contributed by atoms with Crippen molar-refractivity contribution in [2.75, 3.05) is 6.26 Å². The largest absolute Gasteiger partial charge is 0.331 e. The lowest BCUT2D eigenvalue weighted by atomic mass is 10.2. The summed E-state index contributed by atoms with van der Waals surface area (Å²) < 4.78 is 12.9. The van der Waals surface area contributed by atoms with Crippen LogP contribution < -0.4 is 0 Å². The third kappa shape index (κ3) is 3.84. The molecule has 0 radical (unpaired) electrons. The summed E-state index contributed by atoms with van der Waals surface area (Å²) in [6, 6.07) is 9.63. The average Bonchev–Trinajstić information content (AvgIpc) is 2.14. The summed E-state index contributed by atoms with van der Waals surface area (Å²) in [4.78, 5) is 0. The summed E-state index contributed by atoms with van der Waals surface area (Å²) >= 11 is 12.4. The maximum absolute atomic E-state index is 11.4. The number of rotatable bonds is 4. The Labute approximate surface area is 97.7 Å². The van der Waals surface area contributed by atoms with Gasteiger partial charge in [-0.05, 0) is 34.3 Å². The van der Waals surface area contributed by atoms with Gasteiger partial charge in [0.2, 0.25) is 0 Å². The summed E-state index contributed by atoms with van der Waals surface area (Å²) in [7, 11) is 0. The molecule has 1 aromatic rings. The van der Waals surface area contributed by atoms with E-state index in [0.717, 1.165) is 5.56 Å². The summed E-state index contributed by atoms with van der Waals surface area (Å²) in [5.41, 5.74) is 1.03. The highest BCUT2D eigenvalue weighted by molar-refractivity contribution is 8.15. The van der Waals surface area contributed by atoms with Crippen molar-refractivity contribution in [3.8, 4) is 0 Å². The van der Waals surface area contributed by atoms with Gasteiger partial charge in [0.1, 0.15) is 0 Å². The van der Waals surface area contributed by atoms with Gasteiger partial charge in [-0.15, -0.1) is 0 Å². The number of hydrogen-bond donors (Lipinski definition) is 0. The van der Waals surface area contributed by atoms with Crippen LogP contribution in [0, 0.1) is 0 Å². The number of hydrogen-bond acceptors (Lipinski definition) is 2. The summed E-state index contributed by atoms with van der Waals surface area (Å²) in [5.74, 6) is -3.20. The predicted octanol–water partition coefficient (Wildman–Crippen LogP) is 4.35. The molecule has 0 heterocycles. The van der Waals surface area contributed by atoms with Crippen LogP contribution in [0.2, 0.25) is 0 Å². The Morgan fingerprint density at radius 1 is 1.36 bits per heavy atom. The molecule has 0 saturated heterocycles. The third-order valence-corrected chi connectivity index (χ3v) is 5.66. The molecule has 0 spiro atoms. The van der Waals surface area contributed by atoms with Gasteiger partial charge in [-0.3, -0.25) is 4.57 Å². The maximum Gasteiger partial charge on any atom is 0.331 e. The van der Waals surface area contributed by atoms with E-state index < -0.39 is 6.00 Å². The van der Waals surface area contributed by atoms with E-state index in [9.17, 15) is 4.57 Å². The molecule has 0 fully saturated rings. The highest BCUT2D eigenvalue weighted by Gasteiger charge is 2.24. The lowest BCUT2D eigenvalue weighted by molar-refractivity contribution is 0.558.